The molecule has 2 aromatic rings. The number of benzene rings is 1. The smallest absolute Gasteiger partial charge is 0.119 e. The van der Waals surface area contributed by atoms with E-state index in [2.05, 4.69) is 4.98 Å². The number of halogens is 1. The summed E-state index contributed by atoms with van der Waals surface area (Å²) in [5.74, 6) is 1.33. The highest BCUT2D eigenvalue weighted by Crippen LogP contribution is 2.22. The molecule has 0 amide bonds. The average Bonchev–Trinajstić information content (AvgIpc) is 2.39. The first-order chi connectivity index (χ1) is 7.83. The van der Waals surface area contributed by atoms with Crippen LogP contribution in [-0.4, -0.2) is 12.1 Å². The molecule has 0 saturated heterocycles. The first-order valence-corrected chi connectivity index (χ1v) is 5.52. The fraction of sp³-hybridized carbons (Fsp3) is 0.154. The highest BCUT2D eigenvalue weighted by Gasteiger charge is 2.01. The van der Waals surface area contributed by atoms with Crippen molar-refractivity contribution in [1.29, 1.82) is 0 Å². The summed E-state index contributed by atoms with van der Waals surface area (Å²) in [5, 5.41) is 0. The van der Waals surface area contributed by atoms with E-state index in [9.17, 15) is 0 Å². The molecule has 3 heteroatoms. The van der Waals surface area contributed by atoms with Crippen molar-refractivity contribution in [3.63, 3.8) is 0 Å². The molecule has 0 N–H and O–H groups in total. The van der Waals surface area contributed by atoms with Gasteiger partial charge in [0.1, 0.15) is 5.75 Å². The Labute approximate surface area is 99.9 Å². The third kappa shape index (κ3) is 2.34. The van der Waals surface area contributed by atoms with Crippen LogP contribution in [-0.2, 0) is 5.88 Å². The molecule has 1 aromatic carbocycles. The van der Waals surface area contributed by atoms with Crippen LogP contribution in [0.15, 0.2) is 42.6 Å². The minimum absolute atomic E-state index is 0.499. The van der Waals surface area contributed by atoms with Crippen molar-refractivity contribution in [3.8, 4) is 17.0 Å². The second-order valence-corrected chi connectivity index (χ2v) is 3.68. The van der Waals surface area contributed by atoms with Gasteiger partial charge in [-0.15, -0.1) is 11.6 Å². The number of nitrogens with zero attached hydrogens (tertiary/aromatic N) is 1. The highest BCUT2D eigenvalue weighted by molar-refractivity contribution is 6.17. The van der Waals surface area contributed by atoms with E-state index in [-0.39, 0.29) is 0 Å². The molecule has 1 heterocycles. The van der Waals surface area contributed by atoms with Crippen LogP contribution in [0.1, 0.15) is 5.56 Å². The number of hydrogen-bond acceptors (Lipinski definition) is 2. The van der Waals surface area contributed by atoms with Gasteiger partial charge >= 0.3 is 0 Å². The van der Waals surface area contributed by atoms with Gasteiger partial charge in [-0.25, -0.2) is 0 Å². The fourth-order valence-electron chi connectivity index (χ4n) is 1.50. The molecule has 0 bridgehead atoms. The van der Waals surface area contributed by atoms with E-state index in [0.717, 1.165) is 22.6 Å². The molecule has 0 aliphatic carbocycles. The zero-order valence-electron chi connectivity index (χ0n) is 8.98. The maximum atomic E-state index is 5.79. The first kappa shape index (κ1) is 11.0. The van der Waals surface area contributed by atoms with Gasteiger partial charge in [0.25, 0.3) is 0 Å². The molecule has 0 aliphatic heterocycles. The van der Waals surface area contributed by atoms with Gasteiger partial charge in [0, 0.05) is 17.6 Å². The van der Waals surface area contributed by atoms with E-state index >= 15 is 0 Å². The molecule has 0 fully saturated rings. The lowest BCUT2D eigenvalue weighted by Crippen LogP contribution is -1.87. The molecular weight excluding hydrogens is 222 g/mol. The minimum atomic E-state index is 0.499. The molecule has 16 heavy (non-hydrogen) atoms. The van der Waals surface area contributed by atoms with E-state index in [4.69, 9.17) is 16.3 Å². The third-order valence-electron chi connectivity index (χ3n) is 2.34. The molecule has 0 spiro atoms. The normalized spacial score (nSPS) is 10.1. The van der Waals surface area contributed by atoms with Crippen LogP contribution >= 0.6 is 11.6 Å². The van der Waals surface area contributed by atoms with Gasteiger partial charge in [-0.1, -0.05) is 12.1 Å². The number of ether oxygens (including phenoxy) is 1. The van der Waals surface area contributed by atoms with Crippen LogP contribution in [0.25, 0.3) is 11.3 Å². The second-order valence-electron chi connectivity index (χ2n) is 3.41. The monoisotopic (exact) mass is 233 g/mol. The molecule has 0 atom stereocenters. The summed E-state index contributed by atoms with van der Waals surface area (Å²) in [7, 11) is 1.65. The fourth-order valence-corrected chi connectivity index (χ4v) is 1.66. The van der Waals surface area contributed by atoms with Gasteiger partial charge in [-0.3, -0.25) is 4.98 Å². The third-order valence-corrected chi connectivity index (χ3v) is 2.65. The maximum absolute atomic E-state index is 5.79. The lowest BCUT2D eigenvalue weighted by atomic mass is 10.1. The van der Waals surface area contributed by atoms with Crippen LogP contribution in [0.2, 0.25) is 0 Å². The predicted molar refractivity (Wildman–Crippen MR) is 65.8 cm³/mol. The Kier molecular flexibility index (Phi) is 3.42. The SMILES string of the molecule is COc1cccc(-c2cc(CCl)ccn2)c1. The Bertz CT molecular complexity index is 439. The van der Waals surface area contributed by atoms with E-state index in [0.29, 0.717) is 5.88 Å². The van der Waals surface area contributed by atoms with Crippen molar-refractivity contribution in [1.82, 2.24) is 4.98 Å². The Morgan fingerprint density at radius 3 is 2.88 bits per heavy atom. The second kappa shape index (κ2) is 4.99. The number of hydrogen-bond donors (Lipinski definition) is 0. The molecule has 82 valence electrons. The Balaban J connectivity index is 2.41. The predicted octanol–water partition coefficient (Wildman–Crippen LogP) is 3.50. The largest absolute Gasteiger partial charge is 0.497 e. The summed E-state index contributed by atoms with van der Waals surface area (Å²) in [5.41, 5.74) is 3.01. The van der Waals surface area contributed by atoms with Gasteiger partial charge in [-0.2, -0.15) is 0 Å². The van der Waals surface area contributed by atoms with Gasteiger partial charge in [-0.05, 0) is 29.8 Å². The maximum Gasteiger partial charge on any atom is 0.119 e. The van der Waals surface area contributed by atoms with Crippen molar-refractivity contribution in [2.24, 2.45) is 0 Å². The topological polar surface area (TPSA) is 22.1 Å². The van der Waals surface area contributed by atoms with Crippen molar-refractivity contribution >= 4 is 11.6 Å². The number of methoxy groups -OCH3 is 1. The van der Waals surface area contributed by atoms with E-state index < -0.39 is 0 Å². The van der Waals surface area contributed by atoms with Gasteiger partial charge in [0.05, 0.1) is 12.8 Å². The molecule has 2 nitrogen and oxygen atoms in total. The standard InChI is InChI=1S/C13H12ClNO/c1-16-12-4-2-3-11(8-12)13-7-10(9-14)5-6-15-13/h2-8H,9H2,1H3. The molecule has 2 rings (SSSR count). The zero-order chi connectivity index (χ0) is 11.4. The van der Waals surface area contributed by atoms with Crippen molar-refractivity contribution in [2.75, 3.05) is 7.11 Å². The van der Waals surface area contributed by atoms with Crippen LogP contribution in [0.3, 0.4) is 0 Å². The molecule has 0 saturated carbocycles. The number of aromatic nitrogens is 1. The number of alkyl halides is 1. The number of rotatable bonds is 3. The van der Waals surface area contributed by atoms with Crippen LogP contribution in [0.5, 0.6) is 5.75 Å². The first-order valence-electron chi connectivity index (χ1n) is 4.99. The quantitative estimate of drug-likeness (QED) is 0.757. The van der Waals surface area contributed by atoms with Gasteiger partial charge in [0.2, 0.25) is 0 Å². The molecular formula is C13H12ClNO. The lowest BCUT2D eigenvalue weighted by molar-refractivity contribution is 0.415. The van der Waals surface area contributed by atoms with Crippen molar-refractivity contribution in [3.05, 3.63) is 48.2 Å². The van der Waals surface area contributed by atoms with Crippen LogP contribution in [0.4, 0.5) is 0 Å². The average molecular weight is 234 g/mol. The van der Waals surface area contributed by atoms with Crippen LogP contribution in [0, 0.1) is 0 Å². The Morgan fingerprint density at radius 1 is 1.25 bits per heavy atom. The summed E-state index contributed by atoms with van der Waals surface area (Å²) >= 11 is 5.79. The van der Waals surface area contributed by atoms with Crippen molar-refractivity contribution in [2.45, 2.75) is 5.88 Å². The summed E-state index contributed by atoms with van der Waals surface area (Å²) in [6.45, 7) is 0. The van der Waals surface area contributed by atoms with Gasteiger partial charge < -0.3 is 4.74 Å². The number of pyridine rings is 1. The summed E-state index contributed by atoms with van der Waals surface area (Å²) in [6, 6.07) is 11.7. The Morgan fingerprint density at radius 2 is 2.12 bits per heavy atom. The van der Waals surface area contributed by atoms with Crippen LogP contribution < -0.4 is 4.74 Å². The lowest BCUT2D eigenvalue weighted by Gasteiger charge is -2.04. The molecule has 0 aliphatic rings. The molecule has 0 unspecified atom stereocenters. The minimum Gasteiger partial charge on any atom is -0.497 e. The van der Waals surface area contributed by atoms with E-state index in [1.165, 1.54) is 0 Å². The Hall–Kier alpha value is -1.54. The molecule has 1 aromatic heterocycles. The zero-order valence-corrected chi connectivity index (χ0v) is 9.74. The summed E-state index contributed by atoms with van der Waals surface area (Å²) < 4.78 is 5.18. The summed E-state index contributed by atoms with van der Waals surface area (Å²) in [4.78, 5) is 4.32. The van der Waals surface area contributed by atoms with E-state index in [1.54, 1.807) is 13.3 Å². The molecule has 0 radical (unpaired) electrons. The highest BCUT2D eigenvalue weighted by atomic mass is 35.5. The summed E-state index contributed by atoms with van der Waals surface area (Å²) in [6.07, 6.45) is 1.77. The van der Waals surface area contributed by atoms with E-state index in [1.807, 2.05) is 36.4 Å². The van der Waals surface area contributed by atoms with Crippen molar-refractivity contribution < 1.29 is 4.74 Å². The van der Waals surface area contributed by atoms with Gasteiger partial charge in [0.15, 0.2) is 0 Å².